The molecule has 17 unspecified atom stereocenters. The quantitative estimate of drug-likeness (QED) is 0.0199. The van der Waals surface area contributed by atoms with Gasteiger partial charge in [-0.2, -0.15) is 0 Å². The van der Waals surface area contributed by atoms with Gasteiger partial charge in [-0.15, -0.1) is 0 Å². The van der Waals surface area contributed by atoms with Crippen molar-refractivity contribution in [3.05, 3.63) is 48.6 Å². The molecule has 3 saturated heterocycles. The molecule has 580 valence electrons. The number of aliphatic hydroxyl groups excluding tert-OH is 11. The van der Waals surface area contributed by atoms with Crippen LogP contribution < -0.4 is 5.32 Å². The van der Waals surface area contributed by atoms with E-state index < -0.39 is 124 Å². The number of nitrogens with one attached hydrogen (secondary N) is 1. The van der Waals surface area contributed by atoms with Crippen molar-refractivity contribution in [3.8, 4) is 0 Å². The van der Waals surface area contributed by atoms with Gasteiger partial charge in [-0.3, -0.25) is 4.79 Å². The zero-order chi connectivity index (χ0) is 71.8. The second-order valence-corrected chi connectivity index (χ2v) is 28.9. The number of carbonyl (C=O) groups excluding carboxylic acids is 1. The Hall–Kier alpha value is -2.25. The molecule has 0 saturated carbocycles. The van der Waals surface area contributed by atoms with Crippen LogP contribution in [0.5, 0.6) is 0 Å². The number of amides is 1. The molecule has 0 aromatic carbocycles. The molecule has 0 bridgehead atoms. The van der Waals surface area contributed by atoms with Gasteiger partial charge in [0.1, 0.15) is 73.2 Å². The fourth-order valence-corrected chi connectivity index (χ4v) is 13.7. The molecule has 0 aromatic heterocycles. The number of carbonyl (C=O) groups is 1. The topological polar surface area (TPSA) is 307 Å². The number of ether oxygens (including phenoxy) is 6. The number of aliphatic hydroxyl groups is 11. The van der Waals surface area contributed by atoms with Crippen LogP contribution in [0.4, 0.5) is 0 Å². The largest absolute Gasteiger partial charge is 0.394 e. The normalized spacial score (nSPS) is 26.8. The zero-order valence-electron chi connectivity index (χ0n) is 62.0. The average molecular weight is 1410 g/mol. The Bertz CT molecular complexity index is 1980. The predicted octanol–water partition coefficient (Wildman–Crippen LogP) is 13.3. The van der Waals surface area contributed by atoms with Crippen LogP contribution in [0.1, 0.15) is 322 Å². The summed E-state index contributed by atoms with van der Waals surface area (Å²) in [7, 11) is 0. The second-order valence-electron chi connectivity index (χ2n) is 28.9. The van der Waals surface area contributed by atoms with Gasteiger partial charge in [0.25, 0.3) is 0 Å². The van der Waals surface area contributed by atoms with E-state index in [2.05, 4.69) is 67.8 Å². The van der Waals surface area contributed by atoms with E-state index in [1.165, 1.54) is 218 Å². The van der Waals surface area contributed by atoms with Crippen LogP contribution in [0.15, 0.2) is 48.6 Å². The Morgan fingerprint density at radius 2 is 0.697 bits per heavy atom. The number of hydrogen-bond acceptors (Lipinski definition) is 18. The van der Waals surface area contributed by atoms with Crippen LogP contribution in [0.2, 0.25) is 0 Å². The lowest BCUT2D eigenvalue weighted by Crippen LogP contribution is -2.66. The maximum Gasteiger partial charge on any atom is 0.220 e. The van der Waals surface area contributed by atoms with Gasteiger partial charge in [0.05, 0.1) is 38.6 Å². The second kappa shape index (κ2) is 61.0. The standard InChI is InChI=1S/C80H147NO18/c1-3-5-7-9-11-13-15-17-19-21-23-25-27-28-29-30-31-32-33-34-36-38-40-42-44-46-48-50-52-54-56-58-68(86)81-63(64(85)57-55-53-51-49-47-45-43-41-39-37-35-26-24-22-20-18-16-14-12-10-8-6-4-2)62-94-78-74(92)71(89)76(66(60-83)96-78)99-80-75(93)72(90)77(67(61-84)97-80)98-79-73(91)70(88)69(87)65(59-82)95-79/h5,7,11,13,17,19,23,25,63-67,69-80,82-85,87-93H,3-4,6,8-10,12,14-16,18,20-22,24,26-62H2,1-2H3,(H,81,86)/b7-5-,13-11-,19-17-,25-23-. The molecule has 3 aliphatic rings. The Morgan fingerprint density at radius 3 is 1.09 bits per heavy atom. The molecule has 99 heavy (non-hydrogen) atoms. The lowest BCUT2D eigenvalue weighted by atomic mass is 9.96. The predicted molar refractivity (Wildman–Crippen MR) is 392 cm³/mol. The molecular weight excluding hydrogens is 1260 g/mol. The average Bonchev–Trinajstić information content (AvgIpc) is 0.577. The molecule has 12 N–H and O–H groups in total. The van der Waals surface area contributed by atoms with Crippen molar-refractivity contribution < 1.29 is 89.4 Å². The third kappa shape index (κ3) is 41.3. The first kappa shape index (κ1) is 91.0. The van der Waals surface area contributed by atoms with Crippen molar-refractivity contribution in [2.75, 3.05) is 26.4 Å². The van der Waals surface area contributed by atoms with Gasteiger partial charge in [-0.25, -0.2) is 0 Å². The van der Waals surface area contributed by atoms with Crippen LogP contribution in [0, 0.1) is 0 Å². The molecule has 0 aromatic rings. The van der Waals surface area contributed by atoms with Gasteiger partial charge in [0.2, 0.25) is 5.91 Å². The summed E-state index contributed by atoms with van der Waals surface area (Å²) in [6.45, 7) is 1.74. The van der Waals surface area contributed by atoms with E-state index in [-0.39, 0.29) is 18.9 Å². The third-order valence-electron chi connectivity index (χ3n) is 20.2. The van der Waals surface area contributed by atoms with Crippen LogP contribution in [0.25, 0.3) is 0 Å². The van der Waals surface area contributed by atoms with E-state index in [0.717, 1.165) is 70.6 Å². The Kier molecular flexibility index (Phi) is 56.0. The summed E-state index contributed by atoms with van der Waals surface area (Å²) < 4.78 is 34.5. The first-order valence-corrected chi connectivity index (χ1v) is 40.4. The van der Waals surface area contributed by atoms with Crippen LogP contribution in [-0.4, -0.2) is 193 Å². The molecule has 3 heterocycles. The Morgan fingerprint density at radius 1 is 0.374 bits per heavy atom. The minimum atomic E-state index is -1.97. The van der Waals surface area contributed by atoms with E-state index in [1.807, 2.05) is 0 Å². The van der Waals surface area contributed by atoms with Crippen LogP contribution in [-0.2, 0) is 33.2 Å². The van der Waals surface area contributed by atoms with E-state index in [1.54, 1.807) is 0 Å². The van der Waals surface area contributed by atoms with Crippen molar-refractivity contribution in [1.82, 2.24) is 5.32 Å². The van der Waals surface area contributed by atoms with Gasteiger partial charge in [-0.1, -0.05) is 313 Å². The smallest absolute Gasteiger partial charge is 0.220 e. The highest BCUT2D eigenvalue weighted by molar-refractivity contribution is 5.76. The fourth-order valence-electron chi connectivity index (χ4n) is 13.7. The highest BCUT2D eigenvalue weighted by Gasteiger charge is 2.54. The van der Waals surface area contributed by atoms with E-state index in [0.29, 0.717) is 12.8 Å². The lowest BCUT2D eigenvalue weighted by molar-refractivity contribution is -0.379. The van der Waals surface area contributed by atoms with E-state index in [4.69, 9.17) is 28.4 Å². The molecule has 0 aliphatic carbocycles. The Balaban J connectivity index is 1.36. The maximum atomic E-state index is 13.5. The molecular formula is C80H147NO18. The zero-order valence-corrected chi connectivity index (χ0v) is 62.0. The maximum absolute atomic E-state index is 13.5. The SMILES string of the molecule is CC/C=C\C/C=C\C/C=C\C/C=C\CCCCCCCCCCCCCCCCCCCCC(=O)NC(COC1OC(CO)C(OC2OC(CO)C(OC3OC(CO)C(O)C(O)C3O)C(O)C2O)C(O)C1O)C(O)CCCCCCCCCCCCCCCCCCCCCCCCC. The number of unbranched alkanes of at least 4 members (excludes halogenated alkanes) is 40. The van der Waals surface area contributed by atoms with Crippen LogP contribution in [0.3, 0.4) is 0 Å². The molecule has 19 heteroatoms. The van der Waals surface area contributed by atoms with Gasteiger partial charge in [0.15, 0.2) is 18.9 Å². The summed E-state index contributed by atoms with van der Waals surface area (Å²) in [6.07, 6.45) is 49.1. The summed E-state index contributed by atoms with van der Waals surface area (Å²) in [5.41, 5.74) is 0. The Labute approximate surface area is 599 Å². The number of hydrogen-bond donors (Lipinski definition) is 12. The summed E-state index contributed by atoms with van der Waals surface area (Å²) in [5, 5.41) is 121. The molecule has 1 amide bonds. The van der Waals surface area contributed by atoms with Crippen molar-refractivity contribution >= 4 is 5.91 Å². The molecule has 0 spiro atoms. The van der Waals surface area contributed by atoms with E-state index in [9.17, 15) is 61.0 Å². The minimum absolute atomic E-state index is 0.238. The van der Waals surface area contributed by atoms with Crippen molar-refractivity contribution in [2.24, 2.45) is 0 Å². The fraction of sp³-hybridized carbons (Fsp3) is 0.887. The number of allylic oxidation sites excluding steroid dienone is 8. The number of rotatable bonds is 64. The van der Waals surface area contributed by atoms with Gasteiger partial charge >= 0.3 is 0 Å². The van der Waals surface area contributed by atoms with Gasteiger partial charge < -0.3 is 89.9 Å². The molecule has 19 nitrogen and oxygen atoms in total. The molecule has 17 atom stereocenters. The van der Waals surface area contributed by atoms with Gasteiger partial charge in [0, 0.05) is 6.42 Å². The van der Waals surface area contributed by atoms with Crippen molar-refractivity contribution in [1.29, 1.82) is 0 Å². The lowest BCUT2D eigenvalue weighted by Gasteiger charge is -2.48. The summed E-state index contributed by atoms with van der Waals surface area (Å²) in [5.74, 6) is -0.238. The van der Waals surface area contributed by atoms with E-state index >= 15 is 0 Å². The highest BCUT2D eigenvalue weighted by atomic mass is 16.8. The molecule has 3 rings (SSSR count). The van der Waals surface area contributed by atoms with Crippen molar-refractivity contribution in [2.45, 2.75) is 426 Å². The first-order valence-electron chi connectivity index (χ1n) is 40.4. The molecule has 3 aliphatic heterocycles. The summed E-state index contributed by atoms with van der Waals surface area (Å²) in [6, 6.07) is -0.888. The molecule has 0 radical (unpaired) electrons. The molecule has 3 fully saturated rings. The van der Waals surface area contributed by atoms with Crippen LogP contribution >= 0.6 is 0 Å². The van der Waals surface area contributed by atoms with Gasteiger partial charge in [-0.05, 0) is 51.4 Å². The third-order valence-corrected chi connectivity index (χ3v) is 20.2. The first-order chi connectivity index (χ1) is 48.3. The summed E-state index contributed by atoms with van der Waals surface area (Å²) in [4.78, 5) is 13.5. The minimum Gasteiger partial charge on any atom is -0.394 e. The summed E-state index contributed by atoms with van der Waals surface area (Å²) >= 11 is 0. The monoisotopic (exact) mass is 1410 g/mol. The van der Waals surface area contributed by atoms with Crippen molar-refractivity contribution in [3.63, 3.8) is 0 Å². The highest BCUT2D eigenvalue weighted by Crippen LogP contribution is 2.33.